The molecule has 0 bridgehead atoms. The lowest BCUT2D eigenvalue weighted by molar-refractivity contribution is 0.483. The van der Waals surface area contributed by atoms with E-state index in [0.29, 0.717) is 0 Å². The molecule has 0 aliphatic carbocycles. The Kier molecular flexibility index (Phi) is 4.11. The van der Waals surface area contributed by atoms with Gasteiger partial charge < -0.3 is 0 Å². The van der Waals surface area contributed by atoms with Gasteiger partial charge in [-0.15, -0.1) is 0 Å². The van der Waals surface area contributed by atoms with E-state index in [0.717, 1.165) is 5.56 Å². The minimum atomic E-state index is -4.02. The van der Waals surface area contributed by atoms with E-state index >= 15 is 0 Å². The minimum Gasteiger partial charge on any atom is -0.282 e. The molecule has 0 saturated carbocycles. The van der Waals surface area contributed by atoms with Gasteiger partial charge in [0.25, 0.3) is 10.1 Å². The Bertz CT molecular complexity index is 378. The summed E-state index contributed by atoms with van der Waals surface area (Å²) in [5.74, 6) is 0. The van der Waals surface area contributed by atoms with Crippen molar-refractivity contribution in [2.45, 2.75) is 11.8 Å². The lowest BCUT2D eigenvalue weighted by Crippen LogP contribution is -1.96. The van der Waals surface area contributed by atoms with Gasteiger partial charge in [-0.2, -0.15) is 8.42 Å². The summed E-state index contributed by atoms with van der Waals surface area (Å²) in [4.78, 5) is -0.0666. The molecule has 0 aromatic heterocycles. The first-order valence-corrected chi connectivity index (χ1v) is 4.74. The number of hydrogen-bond acceptors (Lipinski definition) is 3. The maximum Gasteiger partial charge on any atom is 0.294 e. The fraction of sp³-hybridized carbons (Fsp3) is 0.125. The molecule has 0 unspecified atom stereocenters. The maximum atomic E-state index is 10.5. The summed E-state index contributed by atoms with van der Waals surface area (Å²) in [6.45, 7) is 5.34. The SMILES string of the molecule is C#N.Cc1ccc(S(=O)(=O)O)cc1. The molecule has 1 rings (SSSR count). The first kappa shape index (κ1) is 11.6. The molecule has 0 heterocycles. The van der Waals surface area contributed by atoms with Crippen LogP contribution in [0, 0.1) is 18.8 Å². The average Bonchev–Trinajstić information content (AvgIpc) is 2.07. The number of rotatable bonds is 1. The van der Waals surface area contributed by atoms with Crippen molar-refractivity contribution in [3.05, 3.63) is 29.8 Å². The van der Waals surface area contributed by atoms with Gasteiger partial charge in [0, 0.05) is 6.57 Å². The summed E-state index contributed by atoms with van der Waals surface area (Å²) in [5.41, 5.74) is 0.956. The van der Waals surface area contributed by atoms with Crippen LogP contribution in [0.5, 0.6) is 0 Å². The van der Waals surface area contributed by atoms with Crippen LogP contribution in [-0.4, -0.2) is 13.0 Å². The molecule has 1 N–H and O–H groups in total. The second-order valence-electron chi connectivity index (χ2n) is 2.29. The van der Waals surface area contributed by atoms with E-state index in [2.05, 4.69) is 6.57 Å². The zero-order valence-corrected chi connectivity index (χ0v) is 7.82. The highest BCUT2D eigenvalue weighted by Crippen LogP contribution is 2.08. The maximum absolute atomic E-state index is 10.5. The number of nitrogens with zero attached hydrogens (tertiary/aromatic N) is 1. The van der Waals surface area contributed by atoms with Gasteiger partial charge >= 0.3 is 0 Å². The molecule has 5 heteroatoms. The third-order valence-corrected chi connectivity index (χ3v) is 2.19. The zero-order chi connectivity index (χ0) is 10.5. The van der Waals surface area contributed by atoms with Crippen molar-refractivity contribution in [1.29, 1.82) is 5.26 Å². The van der Waals surface area contributed by atoms with Gasteiger partial charge in [-0.05, 0) is 19.1 Å². The molecule has 0 aliphatic rings. The lowest BCUT2D eigenvalue weighted by Gasteiger charge is -1.95. The summed E-state index contributed by atoms with van der Waals surface area (Å²) >= 11 is 0. The highest BCUT2D eigenvalue weighted by atomic mass is 32.2. The smallest absolute Gasteiger partial charge is 0.282 e. The Morgan fingerprint density at radius 1 is 1.23 bits per heavy atom. The first-order chi connectivity index (χ1) is 6.00. The molecular weight excluding hydrogens is 190 g/mol. The molecular formula is C8H9NO3S. The van der Waals surface area contributed by atoms with E-state index in [-0.39, 0.29) is 4.90 Å². The van der Waals surface area contributed by atoms with Crippen LogP contribution in [0.15, 0.2) is 29.2 Å². The van der Waals surface area contributed by atoms with E-state index in [4.69, 9.17) is 9.81 Å². The van der Waals surface area contributed by atoms with Crippen molar-refractivity contribution >= 4 is 10.1 Å². The molecule has 0 radical (unpaired) electrons. The van der Waals surface area contributed by atoms with Crippen molar-refractivity contribution in [2.75, 3.05) is 0 Å². The molecule has 13 heavy (non-hydrogen) atoms. The fourth-order valence-corrected chi connectivity index (χ4v) is 1.19. The van der Waals surface area contributed by atoms with Crippen LogP contribution in [0.3, 0.4) is 0 Å². The topological polar surface area (TPSA) is 78.2 Å². The first-order valence-electron chi connectivity index (χ1n) is 3.30. The number of hydrogen-bond donors (Lipinski definition) is 1. The summed E-state index contributed by atoms with van der Waals surface area (Å²) in [7, 11) is -4.02. The van der Waals surface area contributed by atoms with Crippen LogP contribution in [0.25, 0.3) is 0 Å². The number of aryl methyl sites for hydroxylation is 1. The van der Waals surface area contributed by atoms with E-state index in [1.807, 2.05) is 6.92 Å². The van der Waals surface area contributed by atoms with Crippen LogP contribution in [0.1, 0.15) is 5.56 Å². The molecule has 1 aromatic rings. The summed E-state index contributed by atoms with van der Waals surface area (Å²) < 4.78 is 29.6. The minimum absolute atomic E-state index is 0.0666. The van der Waals surface area contributed by atoms with Crippen LogP contribution in [0.2, 0.25) is 0 Å². The molecule has 0 fully saturated rings. The van der Waals surface area contributed by atoms with Crippen molar-refractivity contribution < 1.29 is 13.0 Å². The predicted octanol–water partition coefficient (Wildman–Crippen LogP) is 1.38. The third-order valence-electron chi connectivity index (χ3n) is 1.32. The van der Waals surface area contributed by atoms with Gasteiger partial charge in [0.1, 0.15) is 0 Å². The summed E-state index contributed by atoms with van der Waals surface area (Å²) in [6, 6.07) is 5.99. The van der Waals surface area contributed by atoms with Crippen molar-refractivity contribution in [3.8, 4) is 6.57 Å². The van der Waals surface area contributed by atoms with Crippen molar-refractivity contribution in [3.63, 3.8) is 0 Å². The zero-order valence-electron chi connectivity index (χ0n) is 7.01. The Morgan fingerprint density at radius 3 is 1.92 bits per heavy atom. The van der Waals surface area contributed by atoms with Gasteiger partial charge in [0.15, 0.2) is 0 Å². The average molecular weight is 199 g/mol. The third kappa shape index (κ3) is 3.69. The van der Waals surface area contributed by atoms with Gasteiger partial charge in [0.2, 0.25) is 0 Å². The van der Waals surface area contributed by atoms with Crippen LogP contribution in [-0.2, 0) is 10.1 Å². The van der Waals surface area contributed by atoms with Gasteiger partial charge in [-0.1, -0.05) is 17.7 Å². The Balaban J connectivity index is 0.000000671. The highest BCUT2D eigenvalue weighted by molar-refractivity contribution is 7.85. The van der Waals surface area contributed by atoms with Crippen molar-refractivity contribution in [1.82, 2.24) is 0 Å². The Hall–Kier alpha value is -1.38. The summed E-state index contributed by atoms with van der Waals surface area (Å²) in [6.07, 6.45) is 0. The molecule has 0 aliphatic heterocycles. The Morgan fingerprint density at radius 2 is 1.62 bits per heavy atom. The molecule has 70 valence electrons. The number of benzene rings is 1. The molecule has 0 atom stereocenters. The largest absolute Gasteiger partial charge is 0.294 e. The van der Waals surface area contributed by atoms with E-state index in [1.54, 1.807) is 12.1 Å². The summed E-state index contributed by atoms with van der Waals surface area (Å²) in [5, 5.41) is 6.50. The molecule has 0 amide bonds. The van der Waals surface area contributed by atoms with Crippen molar-refractivity contribution in [2.24, 2.45) is 0 Å². The fourth-order valence-electron chi connectivity index (χ4n) is 0.710. The molecule has 1 aromatic carbocycles. The van der Waals surface area contributed by atoms with E-state index in [9.17, 15) is 8.42 Å². The lowest BCUT2D eigenvalue weighted by atomic mass is 10.2. The van der Waals surface area contributed by atoms with Crippen LogP contribution in [0.4, 0.5) is 0 Å². The molecule has 4 nitrogen and oxygen atoms in total. The van der Waals surface area contributed by atoms with E-state index < -0.39 is 10.1 Å². The standard InChI is InChI=1S/C7H8O3S.CHN/c1-6-2-4-7(5-3-6)11(8,9)10;1-2/h2-5H,1H3,(H,8,9,10);1H. The monoisotopic (exact) mass is 199 g/mol. The normalized spacial score (nSPS) is 9.85. The Labute approximate surface area is 77.2 Å². The highest BCUT2D eigenvalue weighted by Gasteiger charge is 2.06. The van der Waals surface area contributed by atoms with E-state index in [1.165, 1.54) is 12.1 Å². The van der Waals surface area contributed by atoms with Gasteiger partial charge in [-0.3, -0.25) is 4.55 Å². The number of nitriles is 1. The quantitative estimate of drug-likeness (QED) is 0.693. The molecule has 0 saturated heterocycles. The van der Waals surface area contributed by atoms with Crippen LogP contribution < -0.4 is 0 Å². The second kappa shape index (κ2) is 4.60. The molecule has 0 spiro atoms. The van der Waals surface area contributed by atoms with Gasteiger partial charge in [0.05, 0.1) is 4.90 Å². The van der Waals surface area contributed by atoms with Gasteiger partial charge in [-0.25, -0.2) is 5.26 Å². The predicted molar refractivity (Wildman–Crippen MR) is 47.7 cm³/mol. The second-order valence-corrected chi connectivity index (χ2v) is 3.71. The van der Waals surface area contributed by atoms with Crippen LogP contribution >= 0.6 is 0 Å².